The van der Waals surface area contributed by atoms with Gasteiger partial charge in [0.05, 0.1) is 17.3 Å². The number of benzene rings is 2. The summed E-state index contributed by atoms with van der Waals surface area (Å²) in [7, 11) is 0. The Balaban J connectivity index is 1.59. The van der Waals surface area contributed by atoms with E-state index in [-0.39, 0.29) is 6.54 Å². The second kappa shape index (κ2) is 8.43. The third-order valence-corrected chi connectivity index (χ3v) is 4.72. The highest BCUT2D eigenvalue weighted by molar-refractivity contribution is 6.00. The Labute approximate surface area is 175 Å². The minimum atomic E-state index is -4.39. The van der Waals surface area contributed by atoms with Crippen molar-refractivity contribution in [1.29, 1.82) is 0 Å². The Hall–Kier alpha value is -3.94. The maximum Gasteiger partial charge on any atom is 0.416 e. The van der Waals surface area contributed by atoms with Crippen molar-refractivity contribution in [3.05, 3.63) is 102 Å². The molecule has 0 saturated heterocycles. The van der Waals surface area contributed by atoms with Crippen molar-refractivity contribution in [2.45, 2.75) is 12.7 Å². The van der Waals surface area contributed by atoms with E-state index in [0.717, 1.165) is 28.6 Å². The number of para-hydroxylation sites is 1. The first-order chi connectivity index (χ1) is 14.9. The summed E-state index contributed by atoms with van der Waals surface area (Å²) in [4.78, 5) is 16.0. The van der Waals surface area contributed by atoms with Crippen LogP contribution in [0.15, 0.2) is 84.4 Å². The maximum absolute atomic E-state index is 13.0. The smallest absolute Gasteiger partial charge is 0.342 e. The van der Waals surface area contributed by atoms with Crippen molar-refractivity contribution in [1.82, 2.24) is 15.0 Å². The number of hydrazone groups is 1. The molecule has 8 heteroatoms. The Kier molecular flexibility index (Phi) is 5.53. The first-order valence-corrected chi connectivity index (χ1v) is 9.39. The number of halogens is 3. The summed E-state index contributed by atoms with van der Waals surface area (Å²) in [5.41, 5.74) is 4.26. The van der Waals surface area contributed by atoms with Crippen molar-refractivity contribution in [2.75, 3.05) is 0 Å². The molecule has 2 aromatic carbocycles. The van der Waals surface area contributed by atoms with Crippen LogP contribution in [0.3, 0.4) is 0 Å². The van der Waals surface area contributed by atoms with Crippen LogP contribution in [0, 0.1) is 0 Å². The van der Waals surface area contributed by atoms with E-state index in [0.29, 0.717) is 11.1 Å². The quantitative estimate of drug-likeness (QED) is 0.369. The molecule has 0 aliphatic rings. The van der Waals surface area contributed by atoms with Gasteiger partial charge < -0.3 is 4.57 Å². The van der Waals surface area contributed by atoms with Gasteiger partial charge in [0, 0.05) is 41.6 Å². The van der Waals surface area contributed by atoms with Crippen LogP contribution in [0.5, 0.6) is 0 Å². The minimum Gasteiger partial charge on any atom is -0.342 e. The van der Waals surface area contributed by atoms with Crippen LogP contribution >= 0.6 is 0 Å². The second-order valence-electron chi connectivity index (χ2n) is 6.87. The number of aromatic nitrogens is 2. The normalized spacial score (nSPS) is 11.8. The molecule has 4 aromatic rings. The van der Waals surface area contributed by atoms with Gasteiger partial charge >= 0.3 is 6.18 Å². The molecule has 0 spiro atoms. The molecule has 0 aliphatic heterocycles. The Bertz CT molecular complexity index is 1250. The van der Waals surface area contributed by atoms with E-state index in [9.17, 15) is 18.0 Å². The number of nitrogens with zero attached hydrogens (tertiary/aromatic N) is 3. The molecule has 0 saturated carbocycles. The van der Waals surface area contributed by atoms with E-state index >= 15 is 0 Å². The zero-order valence-electron chi connectivity index (χ0n) is 16.2. The highest BCUT2D eigenvalue weighted by Crippen LogP contribution is 2.30. The summed E-state index contributed by atoms with van der Waals surface area (Å²) in [6.07, 6.45) is 1.92. The van der Waals surface area contributed by atoms with Gasteiger partial charge in [0.25, 0.3) is 5.91 Å². The molecule has 2 aromatic heterocycles. The number of carbonyl (C=O) groups is 1. The monoisotopic (exact) mass is 422 g/mol. The van der Waals surface area contributed by atoms with Crippen LogP contribution in [-0.4, -0.2) is 21.7 Å². The number of hydrogen-bond donors (Lipinski definition) is 1. The van der Waals surface area contributed by atoms with Crippen molar-refractivity contribution in [3.63, 3.8) is 0 Å². The molecular weight excluding hydrogens is 405 g/mol. The number of amides is 1. The molecule has 31 heavy (non-hydrogen) atoms. The second-order valence-corrected chi connectivity index (χ2v) is 6.87. The zero-order valence-corrected chi connectivity index (χ0v) is 16.2. The van der Waals surface area contributed by atoms with Gasteiger partial charge in [-0.2, -0.15) is 18.3 Å². The van der Waals surface area contributed by atoms with Gasteiger partial charge in [-0.05, 0) is 35.9 Å². The molecule has 4 rings (SSSR count). The lowest BCUT2D eigenvalue weighted by Crippen LogP contribution is -2.17. The Morgan fingerprint density at radius 1 is 1.10 bits per heavy atom. The predicted molar refractivity (Wildman–Crippen MR) is 112 cm³/mol. The number of alkyl halides is 3. The van der Waals surface area contributed by atoms with E-state index in [1.807, 2.05) is 28.8 Å². The van der Waals surface area contributed by atoms with E-state index in [2.05, 4.69) is 15.5 Å². The summed E-state index contributed by atoms with van der Waals surface area (Å²) in [5, 5.41) is 4.89. The average Bonchev–Trinajstić information content (AvgIpc) is 3.11. The summed E-state index contributed by atoms with van der Waals surface area (Å²) in [6.45, 7) is 0.264. The number of hydrogen-bond acceptors (Lipinski definition) is 3. The number of carbonyl (C=O) groups excluding carboxylic acids is 1. The third-order valence-electron chi connectivity index (χ3n) is 4.72. The van der Waals surface area contributed by atoms with Crippen LogP contribution in [0.4, 0.5) is 13.2 Å². The van der Waals surface area contributed by atoms with E-state index in [1.54, 1.807) is 30.6 Å². The highest BCUT2D eigenvalue weighted by atomic mass is 19.4. The summed E-state index contributed by atoms with van der Waals surface area (Å²) < 4.78 is 40.9. The van der Waals surface area contributed by atoms with Gasteiger partial charge in [-0.3, -0.25) is 9.78 Å². The van der Waals surface area contributed by atoms with Crippen LogP contribution < -0.4 is 5.43 Å². The Morgan fingerprint density at radius 2 is 1.94 bits per heavy atom. The van der Waals surface area contributed by atoms with Gasteiger partial charge in [0.15, 0.2) is 0 Å². The Morgan fingerprint density at radius 3 is 2.71 bits per heavy atom. The fourth-order valence-corrected chi connectivity index (χ4v) is 3.27. The SMILES string of the molecule is O=C(N/N=C\c1cn(Cc2cccc(C(F)(F)F)c2)c2ccccc12)c1cccnc1. The van der Waals surface area contributed by atoms with Gasteiger partial charge in [-0.25, -0.2) is 5.43 Å². The van der Waals surface area contributed by atoms with Crippen molar-refractivity contribution in [3.8, 4) is 0 Å². The first-order valence-electron chi connectivity index (χ1n) is 9.39. The van der Waals surface area contributed by atoms with Gasteiger partial charge in [0.2, 0.25) is 0 Å². The predicted octanol–water partition coefficient (Wildman–Crippen LogP) is 4.87. The molecule has 5 nitrogen and oxygen atoms in total. The topological polar surface area (TPSA) is 59.3 Å². The van der Waals surface area contributed by atoms with Crippen molar-refractivity contribution >= 4 is 23.0 Å². The number of fused-ring (bicyclic) bond motifs is 1. The van der Waals surface area contributed by atoms with E-state index in [4.69, 9.17) is 0 Å². The molecule has 0 atom stereocenters. The maximum atomic E-state index is 13.0. The van der Waals surface area contributed by atoms with E-state index < -0.39 is 17.6 Å². The molecule has 2 heterocycles. The summed E-state index contributed by atoms with van der Waals surface area (Å²) >= 11 is 0. The minimum absolute atomic E-state index is 0.264. The van der Waals surface area contributed by atoms with E-state index in [1.165, 1.54) is 18.5 Å². The van der Waals surface area contributed by atoms with Gasteiger partial charge in [-0.1, -0.05) is 30.3 Å². The van der Waals surface area contributed by atoms with Crippen LogP contribution in [0.25, 0.3) is 10.9 Å². The lowest BCUT2D eigenvalue weighted by Gasteiger charge is -2.10. The van der Waals surface area contributed by atoms with Gasteiger partial charge in [0.1, 0.15) is 0 Å². The average molecular weight is 422 g/mol. The molecule has 0 bridgehead atoms. The molecule has 1 N–H and O–H groups in total. The lowest BCUT2D eigenvalue weighted by atomic mass is 10.1. The molecular formula is C23H17F3N4O. The lowest BCUT2D eigenvalue weighted by molar-refractivity contribution is -0.137. The first kappa shape index (κ1) is 20.3. The zero-order chi connectivity index (χ0) is 21.8. The van der Waals surface area contributed by atoms with Gasteiger partial charge in [-0.15, -0.1) is 0 Å². The van der Waals surface area contributed by atoms with Crippen molar-refractivity contribution in [2.24, 2.45) is 5.10 Å². The fourth-order valence-electron chi connectivity index (χ4n) is 3.27. The van der Waals surface area contributed by atoms with Crippen LogP contribution in [0.2, 0.25) is 0 Å². The molecule has 1 amide bonds. The molecule has 0 fully saturated rings. The fraction of sp³-hybridized carbons (Fsp3) is 0.0870. The highest BCUT2D eigenvalue weighted by Gasteiger charge is 2.30. The summed E-state index contributed by atoms with van der Waals surface area (Å²) in [6, 6.07) is 16.0. The number of rotatable bonds is 5. The largest absolute Gasteiger partial charge is 0.416 e. The number of nitrogens with one attached hydrogen (secondary N) is 1. The van der Waals surface area contributed by atoms with Crippen LogP contribution in [-0.2, 0) is 12.7 Å². The summed E-state index contributed by atoms with van der Waals surface area (Å²) in [5.74, 6) is -0.392. The standard InChI is InChI=1S/C23H17F3N4O/c24-23(25,26)19-7-3-5-16(11-19)14-30-15-18(20-8-1-2-9-21(20)30)13-28-29-22(31)17-6-4-10-27-12-17/h1-13,15H,14H2,(H,29,31)/b28-13-. The molecule has 0 radical (unpaired) electrons. The van der Waals surface area contributed by atoms with Crippen molar-refractivity contribution < 1.29 is 18.0 Å². The third kappa shape index (κ3) is 4.63. The van der Waals surface area contributed by atoms with Crippen LogP contribution in [0.1, 0.15) is 27.0 Å². The molecule has 156 valence electrons. The molecule has 0 aliphatic carbocycles. The number of pyridine rings is 1. The molecule has 0 unspecified atom stereocenters.